The van der Waals surface area contributed by atoms with Gasteiger partial charge >= 0.3 is 0 Å². The van der Waals surface area contributed by atoms with Gasteiger partial charge in [-0.2, -0.15) is 0 Å². The summed E-state index contributed by atoms with van der Waals surface area (Å²) in [6.07, 6.45) is 0. The number of aliphatic hydroxyl groups excluding tert-OH is 1. The second kappa shape index (κ2) is 6.75. The van der Waals surface area contributed by atoms with Crippen molar-refractivity contribution in [1.29, 1.82) is 0 Å². The molecule has 1 N–H and O–H groups in total. The Morgan fingerprint density at radius 1 is 1.30 bits per heavy atom. The van der Waals surface area contributed by atoms with Crippen LogP contribution in [0.4, 0.5) is 0 Å². The number of carbonyl (C=O) groups excluding carboxylic acids is 1. The van der Waals surface area contributed by atoms with Gasteiger partial charge in [-0.3, -0.25) is 4.79 Å². The lowest BCUT2D eigenvalue weighted by Gasteiger charge is -2.34. The number of aliphatic hydroxyl groups is 1. The van der Waals surface area contributed by atoms with Gasteiger partial charge in [0.2, 0.25) is 0 Å². The number of rotatable bonds is 6. The highest BCUT2D eigenvalue weighted by Crippen LogP contribution is 2.18. The molecule has 0 aromatic heterocycles. The number of amides is 1. The van der Waals surface area contributed by atoms with Crippen molar-refractivity contribution in [1.82, 2.24) is 4.90 Å². The first-order valence-corrected chi connectivity index (χ1v) is 6.90. The van der Waals surface area contributed by atoms with E-state index in [1.165, 1.54) is 0 Å². The maximum Gasteiger partial charge on any atom is 0.254 e. The van der Waals surface area contributed by atoms with E-state index in [0.29, 0.717) is 18.1 Å². The molecule has 0 unspecified atom stereocenters. The molecule has 0 aliphatic rings. The van der Waals surface area contributed by atoms with Crippen molar-refractivity contribution in [2.75, 3.05) is 20.3 Å². The molecule has 0 aliphatic heterocycles. The summed E-state index contributed by atoms with van der Waals surface area (Å²) in [5, 5.41) is 9.31. The summed E-state index contributed by atoms with van der Waals surface area (Å²) in [5.41, 5.74) is 0.00935. The molecule has 0 spiro atoms. The molecule has 0 saturated carbocycles. The van der Waals surface area contributed by atoms with E-state index < -0.39 is 5.54 Å². The van der Waals surface area contributed by atoms with Gasteiger partial charge in [-0.25, -0.2) is 0 Å². The van der Waals surface area contributed by atoms with Gasteiger partial charge in [0.25, 0.3) is 5.91 Å². The first-order valence-electron chi connectivity index (χ1n) is 6.90. The van der Waals surface area contributed by atoms with Crippen molar-refractivity contribution in [3.8, 4) is 5.75 Å². The van der Waals surface area contributed by atoms with Gasteiger partial charge in [0.05, 0.1) is 18.8 Å². The molecule has 0 aliphatic carbocycles. The van der Waals surface area contributed by atoms with Crippen LogP contribution < -0.4 is 4.74 Å². The van der Waals surface area contributed by atoms with Gasteiger partial charge in [-0.1, -0.05) is 13.8 Å². The van der Waals surface area contributed by atoms with Crippen LogP contribution in [0.1, 0.15) is 38.1 Å². The molecule has 0 bridgehead atoms. The number of hydrogen-bond donors (Lipinski definition) is 1. The first kappa shape index (κ1) is 16.5. The van der Waals surface area contributed by atoms with E-state index in [4.69, 9.17) is 4.74 Å². The molecule has 0 radical (unpaired) electrons. The van der Waals surface area contributed by atoms with Crippen LogP contribution in [-0.4, -0.2) is 41.7 Å². The first-order chi connectivity index (χ1) is 9.27. The summed E-state index contributed by atoms with van der Waals surface area (Å²) in [6, 6.07) is 7.11. The highest BCUT2D eigenvalue weighted by atomic mass is 16.5. The second-order valence-corrected chi connectivity index (χ2v) is 6.06. The fraction of sp³-hybridized carbons (Fsp3) is 0.562. The summed E-state index contributed by atoms with van der Waals surface area (Å²) in [7, 11) is 1.70. The lowest BCUT2D eigenvalue weighted by molar-refractivity contribution is 0.0473. The van der Waals surface area contributed by atoms with E-state index >= 15 is 0 Å². The van der Waals surface area contributed by atoms with Crippen LogP contribution in [0.15, 0.2) is 24.3 Å². The van der Waals surface area contributed by atoms with E-state index in [9.17, 15) is 9.90 Å². The number of benzene rings is 1. The molecule has 0 saturated heterocycles. The molecule has 0 atom stereocenters. The zero-order valence-corrected chi connectivity index (χ0v) is 13.0. The number of carbonyl (C=O) groups is 1. The molecule has 1 rings (SSSR count). The van der Waals surface area contributed by atoms with Gasteiger partial charge in [0.15, 0.2) is 0 Å². The van der Waals surface area contributed by atoms with Crippen LogP contribution in [0.5, 0.6) is 5.75 Å². The molecule has 4 nitrogen and oxygen atoms in total. The Bertz CT molecular complexity index is 438. The molecular formula is C16H25NO3. The predicted molar refractivity (Wildman–Crippen MR) is 80.0 cm³/mol. The summed E-state index contributed by atoms with van der Waals surface area (Å²) in [6.45, 7) is 8.40. The maximum atomic E-state index is 12.3. The molecule has 112 valence electrons. The molecule has 0 heterocycles. The van der Waals surface area contributed by atoms with Gasteiger partial charge < -0.3 is 14.7 Å². The van der Waals surface area contributed by atoms with Crippen LogP contribution in [0, 0.1) is 5.92 Å². The molecule has 0 fully saturated rings. The minimum atomic E-state index is -0.579. The summed E-state index contributed by atoms with van der Waals surface area (Å²) >= 11 is 0. The largest absolute Gasteiger partial charge is 0.493 e. The van der Waals surface area contributed by atoms with Gasteiger partial charge in [0, 0.05) is 12.6 Å². The van der Waals surface area contributed by atoms with E-state index in [1.807, 2.05) is 13.8 Å². The number of nitrogens with zero attached hydrogens (tertiary/aromatic N) is 1. The zero-order valence-electron chi connectivity index (χ0n) is 13.0. The summed E-state index contributed by atoms with van der Waals surface area (Å²) in [5.74, 6) is 1.12. The Kier molecular flexibility index (Phi) is 5.57. The quantitative estimate of drug-likeness (QED) is 0.870. The van der Waals surface area contributed by atoms with E-state index in [2.05, 4.69) is 13.8 Å². The SMILES string of the molecule is CC(C)COc1ccc(C(=O)N(C)C(C)(C)CO)cc1. The summed E-state index contributed by atoms with van der Waals surface area (Å²) < 4.78 is 5.59. The van der Waals surface area contributed by atoms with Gasteiger partial charge in [-0.05, 0) is 44.0 Å². The smallest absolute Gasteiger partial charge is 0.254 e. The van der Waals surface area contributed by atoms with Crippen LogP contribution in [0.2, 0.25) is 0 Å². The Morgan fingerprint density at radius 2 is 1.85 bits per heavy atom. The number of ether oxygens (including phenoxy) is 1. The van der Waals surface area contributed by atoms with Crippen molar-refractivity contribution in [2.45, 2.75) is 33.2 Å². The lowest BCUT2D eigenvalue weighted by atomic mass is 10.0. The van der Waals surface area contributed by atoms with Crippen molar-refractivity contribution in [3.63, 3.8) is 0 Å². The normalized spacial score (nSPS) is 11.6. The Balaban J connectivity index is 2.75. The fourth-order valence-corrected chi connectivity index (χ4v) is 1.53. The Labute approximate surface area is 121 Å². The molecule has 20 heavy (non-hydrogen) atoms. The monoisotopic (exact) mass is 279 g/mol. The maximum absolute atomic E-state index is 12.3. The zero-order chi connectivity index (χ0) is 15.3. The lowest BCUT2D eigenvalue weighted by Crippen LogP contribution is -2.47. The fourth-order valence-electron chi connectivity index (χ4n) is 1.53. The minimum absolute atomic E-state index is 0.0785. The average molecular weight is 279 g/mol. The third kappa shape index (κ3) is 4.23. The van der Waals surface area contributed by atoms with Crippen LogP contribution >= 0.6 is 0 Å². The minimum Gasteiger partial charge on any atom is -0.493 e. The number of hydrogen-bond acceptors (Lipinski definition) is 3. The molecule has 1 aromatic carbocycles. The van der Waals surface area contributed by atoms with Gasteiger partial charge in [-0.15, -0.1) is 0 Å². The summed E-state index contributed by atoms with van der Waals surface area (Å²) in [4.78, 5) is 13.9. The molecule has 1 aromatic rings. The molecule has 4 heteroatoms. The van der Waals surface area contributed by atoms with Crippen molar-refractivity contribution < 1.29 is 14.6 Å². The standard InChI is InChI=1S/C16H25NO3/c1-12(2)10-20-14-8-6-13(7-9-14)15(19)17(5)16(3,4)11-18/h6-9,12,18H,10-11H2,1-5H3. The van der Waals surface area contributed by atoms with E-state index in [0.717, 1.165) is 5.75 Å². The predicted octanol–water partition coefficient (Wildman–Crippen LogP) is 2.56. The molecular weight excluding hydrogens is 254 g/mol. The Hall–Kier alpha value is -1.55. The van der Waals surface area contributed by atoms with Crippen molar-refractivity contribution in [2.24, 2.45) is 5.92 Å². The Morgan fingerprint density at radius 3 is 2.30 bits per heavy atom. The highest BCUT2D eigenvalue weighted by molar-refractivity contribution is 5.94. The highest BCUT2D eigenvalue weighted by Gasteiger charge is 2.27. The molecule has 1 amide bonds. The number of likely N-dealkylation sites (N-methyl/N-ethyl adjacent to an activating group) is 1. The van der Waals surface area contributed by atoms with Crippen LogP contribution in [-0.2, 0) is 0 Å². The van der Waals surface area contributed by atoms with Gasteiger partial charge in [0.1, 0.15) is 5.75 Å². The topological polar surface area (TPSA) is 49.8 Å². The van der Waals surface area contributed by atoms with E-state index in [-0.39, 0.29) is 12.5 Å². The third-order valence-corrected chi connectivity index (χ3v) is 3.28. The van der Waals surface area contributed by atoms with E-state index in [1.54, 1.807) is 36.2 Å². The van der Waals surface area contributed by atoms with Crippen molar-refractivity contribution >= 4 is 5.91 Å². The van der Waals surface area contributed by atoms with Crippen LogP contribution in [0.25, 0.3) is 0 Å². The van der Waals surface area contributed by atoms with Crippen LogP contribution in [0.3, 0.4) is 0 Å². The third-order valence-electron chi connectivity index (χ3n) is 3.28. The van der Waals surface area contributed by atoms with Crippen molar-refractivity contribution in [3.05, 3.63) is 29.8 Å². The second-order valence-electron chi connectivity index (χ2n) is 6.06. The average Bonchev–Trinajstić information content (AvgIpc) is 2.44.